The summed E-state index contributed by atoms with van der Waals surface area (Å²) in [6, 6.07) is 19.7. The van der Waals surface area contributed by atoms with Crippen LogP contribution in [0.2, 0.25) is 0 Å². The van der Waals surface area contributed by atoms with E-state index in [-0.39, 0.29) is 11.8 Å². The fourth-order valence-electron chi connectivity index (χ4n) is 3.46. The summed E-state index contributed by atoms with van der Waals surface area (Å²) < 4.78 is 11.2. The number of amides is 1. The Bertz CT molecular complexity index is 920. The Morgan fingerprint density at radius 1 is 1.15 bits per heavy atom. The van der Waals surface area contributed by atoms with Crippen LogP contribution in [0, 0.1) is 5.92 Å². The molecular formula is C22H22N2O3. The molecule has 0 bridgehead atoms. The van der Waals surface area contributed by atoms with E-state index in [9.17, 15) is 4.79 Å². The van der Waals surface area contributed by atoms with Gasteiger partial charge in [-0.25, -0.2) is 0 Å². The molecule has 138 valence electrons. The van der Waals surface area contributed by atoms with Crippen LogP contribution < -0.4 is 4.74 Å². The molecule has 5 heteroatoms. The Kier molecular flexibility index (Phi) is 4.92. The van der Waals surface area contributed by atoms with Crippen molar-refractivity contribution < 1.29 is 14.1 Å². The first kappa shape index (κ1) is 17.3. The molecule has 3 aromatic rings. The molecule has 2 aromatic carbocycles. The zero-order chi connectivity index (χ0) is 18.6. The molecule has 2 heterocycles. The van der Waals surface area contributed by atoms with Crippen LogP contribution in [0.1, 0.15) is 17.7 Å². The molecule has 0 saturated heterocycles. The summed E-state index contributed by atoms with van der Waals surface area (Å²) in [6.07, 6.45) is 1.41. The molecule has 0 spiro atoms. The van der Waals surface area contributed by atoms with Crippen LogP contribution >= 0.6 is 0 Å². The summed E-state index contributed by atoms with van der Waals surface area (Å²) in [4.78, 5) is 14.7. The number of carbonyl (C=O) groups excluding carboxylic acids is 1. The van der Waals surface area contributed by atoms with Gasteiger partial charge in [0.1, 0.15) is 11.4 Å². The van der Waals surface area contributed by atoms with Gasteiger partial charge in [0.15, 0.2) is 5.76 Å². The lowest BCUT2D eigenvalue weighted by Gasteiger charge is -2.21. The average molecular weight is 362 g/mol. The number of aromatic nitrogens is 1. The molecule has 0 N–H and O–H groups in total. The molecule has 1 amide bonds. The molecule has 27 heavy (non-hydrogen) atoms. The zero-order valence-corrected chi connectivity index (χ0v) is 15.3. The maximum Gasteiger partial charge on any atom is 0.226 e. The minimum absolute atomic E-state index is 0.0878. The lowest BCUT2D eigenvalue weighted by atomic mass is 9.95. The highest BCUT2D eigenvalue weighted by Crippen LogP contribution is 2.28. The lowest BCUT2D eigenvalue weighted by Crippen LogP contribution is -2.33. The summed E-state index contributed by atoms with van der Waals surface area (Å²) >= 11 is 0. The molecule has 0 radical (unpaired) electrons. The summed E-state index contributed by atoms with van der Waals surface area (Å²) in [7, 11) is 1.81. The Morgan fingerprint density at radius 2 is 1.93 bits per heavy atom. The van der Waals surface area contributed by atoms with E-state index in [0.29, 0.717) is 31.8 Å². The van der Waals surface area contributed by atoms with Gasteiger partial charge in [-0.05, 0) is 24.5 Å². The number of fused-ring (bicyclic) bond motifs is 1. The van der Waals surface area contributed by atoms with Gasteiger partial charge in [-0.15, -0.1) is 0 Å². The SMILES string of the molecule is CN(Cc1cc(-c2ccccc2)no1)C(=O)[C@H]1CCOc2ccccc2C1. The van der Waals surface area contributed by atoms with E-state index in [1.54, 1.807) is 4.90 Å². The maximum atomic E-state index is 13.0. The van der Waals surface area contributed by atoms with Crippen molar-refractivity contribution in [1.82, 2.24) is 10.1 Å². The van der Waals surface area contributed by atoms with Gasteiger partial charge in [-0.3, -0.25) is 4.79 Å². The normalized spacial score (nSPS) is 16.1. The van der Waals surface area contributed by atoms with Crippen LogP contribution in [0.4, 0.5) is 0 Å². The average Bonchev–Trinajstić information content (AvgIpc) is 3.05. The first-order chi connectivity index (χ1) is 13.2. The Morgan fingerprint density at radius 3 is 2.78 bits per heavy atom. The van der Waals surface area contributed by atoms with Crippen molar-refractivity contribution >= 4 is 5.91 Å². The van der Waals surface area contributed by atoms with Gasteiger partial charge in [0.2, 0.25) is 5.91 Å². The van der Waals surface area contributed by atoms with Gasteiger partial charge in [-0.2, -0.15) is 0 Å². The fourth-order valence-corrected chi connectivity index (χ4v) is 3.46. The molecule has 0 fully saturated rings. The quantitative estimate of drug-likeness (QED) is 0.705. The minimum Gasteiger partial charge on any atom is -0.493 e. The minimum atomic E-state index is -0.0878. The van der Waals surface area contributed by atoms with E-state index in [2.05, 4.69) is 5.16 Å². The van der Waals surface area contributed by atoms with Crippen molar-refractivity contribution in [3.8, 4) is 17.0 Å². The third kappa shape index (κ3) is 3.87. The molecule has 0 aliphatic carbocycles. The van der Waals surface area contributed by atoms with E-state index < -0.39 is 0 Å². The van der Waals surface area contributed by atoms with Crippen molar-refractivity contribution in [3.63, 3.8) is 0 Å². The second-order valence-corrected chi connectivity index (χ2v) is 6.88. The molecule has 0 saturated carbocycles. The molecule has 5 nitrogen and oxygen atoms in total. The van der Waals surface area contributed by atoms with Crippen molar-refractivity contribution in [2.24, 2.45) is 5.92 Å². The van der Waals surface area contributed by atoms with Crippen LogP contribution in [0.3, 0.4) is 0 Å². The second kappa shape index (κ2) is 7.66. The van der Waals surface area contributed by atoms with Crippen molar-refractivity contribution in [1.29, 1.82) is 0 Å². The number of rotatable bonds is 4. The van der Waals surface area contributed by atoms with Crippen molar-refractivity contribution in [3.05, 3.63) is 72.0 Å². The predicted octanol–water partition coefficient (Wildman–Crippen LogP) is 3.94. The molecule has 1 atom stereocenters. The van der Waals surface area contributed by atoms with E-state index in [1.807, 2.05) is 67.7 Å². The standard InChI is InChI=1S/C22H22N2O3/c1-24(15-19-14-20(23-27-19)16-7-3-2-4-8-16)22(25)18-11-12-26-21-10-6-5-9-17(21)13-18/h2-10,14,18H,11-13,15H2,1H3/t18-/m0/s1. The fraction of sp³-hybridized carbons (Fsp3) is 0.273. The number of para-hydroxylation sites is 1. The molecule has 0 unspecified atom stereocenters. The topological polar surface area (TPSA) is 55.6 Å². The van der Waals surface area contributed by atoms with Gasteiger partial charge >= 0.3 is 0 Å². The number of carbonyl (C=O) groups is 1. The Labute approximate surface area is 158 Å². The van der Waals surface area contributed by atoms with E-state index in [0.717, 1.165) is 22.6 Å². The largest absolute Gasteiger partial charge is 0.493 e. The number of ether oxygens (including phenoxy) is 1. The van der Waals surface area contributed by atoms with Crippen LogP contribution in [0.5, 0.6) is 5.75 Å². The summed E-state index contributed by atoms with van der Waals surface area (Å²) in [6.45, 7) is 0.958. The molecule has 1 aliphatic heterocycles. The van der Waals surface area contributed by atoms with Crippen LogP contribution in [0.15, 0.2) is 65.2 Å². The van der Waals surface area contributed by atoms with Crippen LogP contribution in [-0.2, 0) is 17.8 Å². The molecule has 1 aromatic heterocycles. The van der Waals surface area contributed by atoms with E-state index in [1.165, 1.54) is 0 Å². The smallest absolute Gasteiger partial charge is 0.226 e. The monoisotopic (exact) mass is 362 g/mol. The zero-order valence-electron chi connectivity index (χ0n) is 15.3. The highest BCUT2D eigenvalue weighted by molar-refractivity contribution is 5.79. The number of hydrogen-bond donors (Lipinski definition) is 0. The lowest BCUT2D eigenvalue weighted by molar-refractivity contribution is -0.135. The number of hydrogen-bond acceptors (Lipinski definition) is 4. The van der Waals surface area contributed by atoms with Gasteiger partial charge in [0.05, 0.1) is 13.2 Å². The first-order valence-corrected chi connectivity index (χ1v) is 9.17. The Balaban J connectivity index is 1.43. The van der Waals surface area contributed by atoms with Gasteiger partial charge in [0, 0.05) is 24.6 Å². The van der Waals surface area contributed by atoms with E-state index in [4.69, 9.17) is 9.26 Å². The third-order valence-corrected chi connectivity index (χ3v) is 4.91. The van der Waals surface area contributed by atoms with Gasteiger partial charge in [0.25, 0.3) is 0 Å². The second-order valence-electron chi connectivity index (χ2n) is 6.88. The van der Waals surface area contributed by atoms with Gasteiger partial charge < -0.3 is 14.2 Å². The third-order valence-electron chi connectivity index (χ3n) is 4.91. The highest BCUT2D eigenvalue weighted by atomic mass is 16.5. The maximum absolute atomic E-state index is 13.0. The van der Waals surface area contributed by atoms with Crippen molar-refractivity contribution in [2.75, 3.05) is 13.7 Å². The van der Waals surface area contributed by atoms with Crippen LogP contribution in [-0.4, -0.2) is 29.6 Å². The number of benzene rings is 2. The molecule has 4 rings (SSSR count). The summed E-state index contributed by atoms with van der Waals surface area (Å²) in [5, 5.41) is 4.12. The van der Waals surface area contributed by atoms with Crippen molar-refractivity contribution in [2.45, 2.75) is 19.4 Å². The summed E-state index contributed by atoms with van der Waals surface area (Å²) in [5.74, 6) is 1.58. The van der Waals surface area contributed by atoms with E-state index >= 15 is 0 Å². The highest BCUT2D eigenvalue weighted by Gasteiger charge is 2.26. The molecule has 1 aliphatic rings. The Hall–Kier alpha value is -3.08. The summed E-state index contributed by atoms with van der Waals surface area (Å²) in [5.41, 5.74) is 2.87. The first-order valence-electron chi connectivity index (χ1n) is 9.17. The van der Waals surface area contributed by atoms with Gasteiger partial charge in [-0.1, -0.05) is 53.7 Å². The predicted molar refractivity (Wildman–Crippen MR) is 102 cm³/mol. The number of nitrogens with zero attached hydrogens (tertiary/aromatic N) is 2. The van der Waals surface area contributed by atoms with Crippen LogP contribution in [0.25, 0.3) is 11.3 Å². The molecular weight excluding hydrogens is 340 g/mol.